The van der Waals surface area contributed by atoms with Gasteiger partial charge in [0.25, 0.3) is 5.91 Å². The number of methoxy groups -OCH3 is 2. The summed E-state index contributed by atoms with van der Waals surface area (Å²) in [6.45, 7) is 6.05. The number of hydrogen-bond acceptors (Lipinski definition) is 5. The molecule has 40 heavy (non-hydrogen) atoms. The normalized spacial score (nSPS) is 18.7. The van der Waals surface area contributed by atoms with Crippen molar-refractivity contribution in [3.8, 4) is 11.5 Å². The van der Waals surface area contributed by atoms with Gasteiger partial charge in [-0.25, -0.2) is 0 Å². The van der Waals surface area contributed by atoms with E-state index in [4.69, 9.17) is 9.47 Å². The minimum atomic E-state index is -0.452. The third-order valence-corrected chi connectivity index (χ3v) is 7.98. The van der Waals surface area contributed by atoms with Crippen LogP contribution in [0.4, 0.5) is 5.69 Å². The molecule has 206 valence electrons. The Labute approximate surface area is 236 Å². The number of ether oxygens (including phenoxy) is 2. The number of rotatable bonds is 7. The lowest BCUT2D eigenvalue weighted by Crippen LogP contribution is -2.37. The summed E-state index contributed by atoms with van der Waals surface area (Å²) in [6, 6.07) is 21.8. The molecule has 1 amide bonds. The van der Waals surface area contributed by atoms with Crippen LogP contribution in [0.1, 0.15) is 60.8 Å². The number of nitrogens with one attached hydrogen (secondary N) is 2. The summed E-state index contributed by atoms with van der Waals surface area (Å²) in [7, 11) is 3.22. The van der Waals surface area contributed by atoms with Crippen LogP contribution < -0.4 is 20.1 Å². The molecule has 1 aliphatic heterocycles. The number of carbonyl (C=O) groups is 2. The Bertz CT molecular complexity index is 1500. The maximum Gasteiger partial charge on any atom is 0.254 e. The first kappa shape index (κ1) is 27.3. The highest BCUT2D eigenvalue weighted by molar-refractivity contribution is 6.10. The topological polar surface area (TPSA) is 76.7 Å². The molecule has 0 bridgehead atoms. The molecule has 3 aromatic rings. The second-order valence-electron chi connectivity index (χ2n) is 10.5. The molecule has 0 fully saturated rings. The molecule has 1 heterocycles. The number of allylic oxidation sites excluding steroid dienone is 3. The van der Waals surface area contributed by atoms with Gasteiger partial charge in [0.15, 0.2) is 17.3 Å². The van der Waals surface area contributed by atoms with Crippen molar-refractivity contribution < 1.29 is 19.1 Å². The number of dihydropyridines is 1. The van der Waals surface area contributed by atoms with E-state index in [2.05, 4.69) is 41.8 Å². The molecule has 0 spiro atoms. The zero-order valence-corrected chi connectivity index (χ0v) is 23.8. The first-order valence-electron chi connectivity index (χ1n) is 13.8. The van der Waals surface area contributed by atoms with Crippen LogP contribution in [0.15, 0.2) is 89.3 Å². The maximum absolute atomic E-state index is 14.0. The number of carbonyl (C=O) groups excluding carboxylic acids is 2. The van der Waals surface area contributed by atoms with Gasteiger partial charge in [-0.2, -0.15) is 0 Å². The summed E-state index contributed by atoms with van der Waals surface area (Å²) in [5.41, 5.74) is 7.90. The molecule has 2 aliphatic rings. The smallest absolute Gasteiger partial charge is 0.254 e. The number of ketones is 1. The zero-order valence-electron chi connectivity index (χ0n) is 23.8. The highest BCUT2D eigenvalue weighted by Gasteiger charge is 2.41. The van der Waals surface area contributed by atoms with E-state index in [0.29, 0.717) is 35.5 Å². The Morgan fingerprint density at radius 3 is 2.23 bits per heavy atom. The molecule has 6 heteroatoms. The van der Waals surface area contributed by atoms with E-state index < -0.39 is 5.92 Å². The fourth-order valence-corrected chi connectivity index (χ4v) is 5.80. The van der Waals surface area contributed by atoms with E-state index in [-0.39, 0.29) is 17.6 Å². The van der Waals surface area contributed by atoms with Crippen LogP contribution in [0.5, 0.6) is 11.5 Å². The second-order valence-corrected chi connectivity index (χ2v) is 10.5. The van der Waals surface area contributed by atoms with Crippen molar-refractivity contribution in [2.75, 3.05) is 19.5 Å². The molecular formula is C34H36N2O4. The largest absolute Gasteiger partial charge is 0.493 e. The molecule has 2 unspecified atom stereocenters. The number of aryl methyl sites for hydroxylation is 2. The lowest BCUT2D eigenvalue weighted by molar-refractivity contribution is -0.116. The third-order valence-electron chi connectivity index (χ3n) is 7.98. The van der Waals surface area contributed by atoms with E-state index in [0.717, 1.165) is 40.2 Å². The molecule has 0 aromatic heterocycles. The highest BCUT2D eigenvalue weighted by atomic mass is 16.5. The van der Waals surface area contributed by atoms with Crippen molar-refractivity contribution in [3.05, 3.63) is 112 Å². The van der Waals surface area contributed by atoms with Crippen LogP contribution in [0.3, 0.4) is 0 Å². The van der Waals surface area contributed by atoms with Crippen molar-refractivity contribution in [1.82, 2.24) is 5.32 Å². The van der Waals surface area contributed by atoms with E-state index in [1.807, 2.05) is 56.3 Å². The van der Waals surface area contributed by atoms with E-state index in [9.17, 15) is 9.59 Å². The van der Waals surface area contributed by atoms with Gasteiger partial charge in [-0.15, -0.1) is 0 Å². The summed E-state index contributed by atoms with van der Waals surface area (Å²) >= 11 is 0. The van der Waals surface area contributed by atoms with Gasteiger partial charge >= 0.3 is 0 Å². The average molecular weight is 537 g/mol. The molecule has 6 nitrogen and oxygen atoms in total. The van der Waals surface area contributed by atoms with Gasteiger partial charge in [0.2, 0.25) is 0 Å². The average Bonchev–Trinajstić information content (AvgIpc) is 2.97. The Hall–Kier alpha value is -4.32. The number of Topliss-reactive ketones (excluding diaryl/α,β-unsaturated/α-hetero) is 1. The Morgan fingerprint density at radius 2 is 1.57 bits per heavy atom. The summed E-state index contributed by atoms with van der Waals surface area (Å²) in [5.74, 6) is 0.668. The fraction of sp³-hybridized carbons (Fsp3) is 0.294. The van der Waals surface area contributed by atoms with Crippen LogP contribution in [0.25, 0.3) is 0 Å². The monoisotopic (exact) mass is 536 g/mol. The summed E-state index contributed by atoms with van der Waals surface area (Å²) in [5, 5.41) is 6.53. The van der Waals surface area contributed by atoms with E-state index in [1.54, 1.807) is 14.2 Å². The zero-order chi connectivity index (χ0) is 28.4. The Balaban J connectivity index is 1.54. The van der Waals surface area contributed by atoms with Crippen LogP contribution in [-0.2, 0) is 16.0 Å². The summed E-state index contributed by atoms with van der Waals surface area (Å²) in [6.07, 6.45) is 1.93. The van der Waals surface area contributed by atoms with Crippen LogP contribution in [0.2, 0.25) is 0 Å². The lowest BCUT2D eigenvalue weighted by atomic mass is 9.71. The molecule has 0 radical (unpaired) electrons. The molecule has 2 N–H and O–H groups in total. The molecule has 2 atom stereocenters. The number of hydrogen-bond donors (Lipinski definition) is 2. The molecule has 1 aliphatic carbocycles. The van der Waals surface area contributed by atoms with Crippen molar-refractivity contribution in [2.45, 2.75) is 51.9 Å². The van der Waals surface area contributed by atoms with Crippen molar-refractivity contribution in [1.29, 1.82) is 0 Å². The molecule has 0 saturated carbocycles. The second kappa shape index (κ2) is 11.4. The quantitative estimate of drug-likeness (QED) is 0.357. The SMILES string of the molecule is CCc1ccc(C2C(C(=O)Nc3ccc(C)cc3)=C(C)NC3=C2C(=O)CC(c2ccc(OC)c(OC)c2)C3)cc1. The molecule has 0 saturated heterocycles. The Morgan fingerprint density at radius 1 is 0.900 bits per heavy atom. The first-order chi connectivity index (χ1) is 19.3. The van der Waals surface area contributed by atoms with Gasteiger partial charge in [0.05, 0.1) is 14.2 Å². The van der Waals surface area contributed by atoms with Gasteiger partial charge in [0.1, 0.15) is 0 Å². The predicted octanol–water partition coefficient (Wildman–Crippen LogP) is 6.57. The minimum Gasteiger partial charge on any atom is -0.493 e. The molecule has 5 rings (SSSR count). The van der Waals surface area contributed by atoms with Crippen molar-refractivity contribution >= 4 is 17.4 Å². The maximum atomic E-state index is 14.0. The van der Waals surface area contributed by atoms with Gasteiger partial charge in [-0.05, 0) is 73.6 Å². The third kappa shape index (κ3) is 5.26. The standard InChI is InChI=1S/C34H36N2O4/c1-6-22-9-11-23(12-10-22)32-31(34(38)36-26-14-7-20(2)8-15-26)21(3)35-27-17-25(18-28(37)33(27)32)24-13-16-29(39-4)30(19-24)40-5/h7-16,19,25,32,35H,6,17-18H2,1-5H3,(H,36,38). The van der Waals surface area contributed by atoms with Crippen LogP contribution >= 0.6 is 0 Å². The van der Waals surface area contributed by atoms with Gasteiger partial charge in [-0.3, -0.25) is 9.59 Å². The van der Waals surface area contributed by atoms with Gasteiger partial charge in [-0.1, -0.05) is 55.0 Å². The van der Waals surface area contributed by atoms with Crippen molar-refractivity contribution in [2.24, 2.45) is 0 Å². The van der Waals surface area contributed by atoms with Crippen LogP contribution in [-0.4, -0.2) is 25.9 Å². The van der Waals surface area contributed by atoms with Gasteiger partial charge in [0, 0.05) is 40.6 Å². The predicted molar refractivity (Wildman–Crippen MR) is 158 cm³/mol. The molecular weight excluding hydrogens is 500 g/mol. The van der Waals surface area contributed by atoms with E-state index in [1.165, 1.54) is 5.56 Å². The number of amides is 1. The fourth-order valence-electron chi connectivity index (χ4n) is 5.80. The minimum absolute atomic E-state index is 0.0163. The van der Waals surface area contributed by atoms with Gasteiger partial charge < -0.3 is 20.1 Å². The highest BCUT2D eigenvalue weighted by Crippen LogP contribution is 2.46. The van der Waals surface area contributed by atoms with E-state index >= 15 is 0 Å². The number of benzene rings is 3. The molecule has 3 aromatic carbocycles. The van der Waals surface area contributed by atoms with Crippen LogP contribution in [0, 0.1) is 6.92 Å². The number of anilines is 1. The Kier molecular flexibility index (Phi) is 7.78. The lowest BCUT2D eigenvalue weighted by Gasteiger charge is -2.37. The van der Waals surface area contributed by atoms with Crippen molar-refractivity contribution in [3.63, 3.8) is 0 Å². The first-order valence-corrected chi connectivity index (χ1v) is 13.8. The summed E-state index contributed by atoms with van der Waals surface area (Å²) < 4.78 is 10.9. The summed E-state index contributed by atoms with van der Waals surface area (Å²) in [4.78, 5) is 27.8.